The standard InChI is InChI=1S/C8H11N.C2H4O2.BrH/c1-2-5-8-6-3-4-7-9-8;1-2(3)4;/h3-4,6-7H,2,5H2,1H3;1H3,(H,3,4);1H. The van der Waals surface area contributed by atoms with Crippen LogP contribution in [0.25, 0.3) is 0 Å². The molecule has 80 valence electrons. The summed E-state index contributed by atoms with van der Waals surface area (Å²) in [7, 11) is 0. The normalized spacial score (nSPS) is 7.86. The van der Waals surface area contributed by atoms with Crippen LogP contribution in [-0.4, -0.2) is 16.1 Å². The van der Waals surface area contributed by atoms with E-state index in [9.17, 15) is 0 Å². The first-order chi connectivity index (χ1) is 6.16. The molecule has 0 aliphatic carbocycles. The molecule has 14 heavy (non-hydrogen) atoms. The van der Waals surface area contributed by atoms with Crippen LogP contribution >= 0.6 is 17.0 Å². The number of aromatic nitrogens is 1. The minimum atomic E-state index is -0.833. The van der Waals surface area contributed by atoms with Crippen LogP contribution in [0.4, 0.5) is 0 Å². The van der Waals surface area contributed by atoms with E-state index in [0.717, 1.165) is 13.3 Å². The summed E-state index contributed by atoms with van der Waals surface area (Å²) in [6.07, 6.45) is 4.11. The maximum Gasteiger partial charge on any atom is 0.300 e. The van der Waals surface area contributed by atoms with E-state index < -0.39 is 5.97 Å². The van der Waals surface area contributed by atoms with E-state index in [0.29, 0.717) is 0 Å². The molecule has 0 atom stereocenters. The van der Waals surface area contributed by atoms with Crippen molar-refractivity contribution in [2.75, 3.05) is 0 Å². The van der Waals surface area contributed by atoms with Crippen LogP contribution < -0.4 is 0 Å². The lowest BCUT2D eigenvalue weighted by Gasteiger charge is -1.92. The van der Waals surface area contributed by atoms with Crippen LogP contribution in [0.1, 0.15) is 26.0 Å². The van der Waals surface area contributed by atoms with Crippen molar-refractivity contribution in [2.24, 2.45) is 0 Å². The molecule has 0 unspecified atom stereocenters. The lowest BCUT2D eigenvalue weighted by molar-refractivity contribution is -0.134. The summed E-state index contributed by atoms with van der Waals surface area (Å²) in [6.45, 7) is 3.24. The van der Waals surface area contributed by atoms with E-state index in [2.05, 4.69) is 18.0 Å². The molecule has 0 aliphatic rings. The molecular weight excluding hydrogens is 246 g/mol. The first-order valence-corrected chi connectivity index (χ1v) is 4.26. The zero-order valence-corrected chi connectivity index (χ0v) is 10.1. The Kier molecular flexibility index (Phi) is 11.3. The zero-order chi connectivity index (χ0) is 10.1. The predicted octanol–water partition coefficient (Wildman–Crippen LogP) is 2.70. The Morgan fingerprint density at radius 2 is 2.07 bits per heavy atom. The Morgan fingerprint density at radius 1 is 1.50 bits per heavy atom. The topological polar surface area (TPSA) is 50.2 Å². The molecule has 1 aromatic rings. The molecule has 0 bridgehead atoms. The molecule has 0 saturated carbocycles. The van der Waals surface area contributed by atoms with Crippen molar-refractivity contribution in [3.63, 3.8) is 0 Å². The number of hydrogen-bond acceptors (Lipinski definition) is 2. The summed E-state index contributed by atoms with van der Waals surface area (Å²) < 4.78 is 0. The third kappa shape index (κ3) is 11.1. The minimum absolute atomic E-state index is 0. The van der Waals surface area contributed by atoms with Gasteiger partial charge in [0.2, 0.25) is 0 Å². The van der Waals surface area contributed by atoms with Gasteiger partial charge < -0.3 is 5.11 Å². The molecule has 1 N–H and O–H groups in total. The number of aliphatic carboxylic acids is 1. The van der Waals surface area contributed by atoms with Gasteiger partial charge in [-0.3, -0.25) is 9.78 Å². The van der Waals surface area contributed by atoms with Gasteiger partial charge in [0.15, 0.2) is 0 Å². The average Bonchev–Trinajstić information content (AvgIpc) is 2.06. The largest absolute Gasteiger partial charge is 0.481 e. The Morgan fingerprint density at radius 3 is 2.43 bits per heavy atom. The lowest BCUT2D eigenvalue weighted by atomic mass is 10.2. The molecule has 0 amide bonds. The van der Waals surface area contributed by atoms with Gasteiger partial charge in [-0.25, -0.2) is 0 Å². The van der Waals surface area contributed by atoms with Crippen LogP contribution in [0.3, 0.4) is 0 Å². The summed E-state index contributed by atoms with van der Waals surface area (Å²) in [5.74, 6) is -0.833. The number of carboxylic acids is 1. The van der Waals surface area contributed by atoms with E-state index in [4.69, 9.17) is 9.90 Å². The highest BCUT2D eigenvalue weighted by Gasteiger charge is 1.86. The van der Waals surface area contributed by atoms with Gasteiger partial charge in [0, 0.05) is 18.8 Å². The summed E-state index contributed by atoms with van der Waals surface area (Å²) in [5, 5.41) is 7.42. The van der Waals surface area contributed by atoms with E-state index >= 15 is 0 Å². The molecule has 3 nitrogen and oxygen atoms in total. The third-order valence-electron chi connectivity index (χ3n) is 1.23. The highest BCUT2D eigenvalue weighted by atomic mass is 79.9. The van der Waals surface area contributed by atoms with Crippen LogP contribution in [0.15, 0.2) is 24.4 Å². The van der Waals surface area contributed by atoms with Gasteiger partial charge in [0.25, 0.3) is 5.97 Å². The number of rotatable bonds is 2. The Hall–Kier alpha value is -0.900. The molecule has 0 aromatic carbocycles. The minimum Gasteiger partial charge on any atom is -0.481 e. The maximum absolute atomic E-state index is 9.00. The molecule has 0 radical (unpaired) electrons. The van der Waals surface area contributed by atoms with Crippen LogP contribution in [0, 0.1) is 0 Å². The number of hydrogen-bond donors (Lipinski definition) is 1. The molecule has 4 heteroatoms. The fraction of sp³-hybridized carbons (Fsp3) is 0.400. The Labute approximate surface area is 95.0 Å². The molecule has 0 aliphatic heterocycles. The predicted molar refractivity (Wildman–Crippen MR) is 61.9 cm³/mol. The number of pyridine rings is 1. The first-order valence-electron chi connectivity index (χ1n) is 4.26. The molecule has 0 saturated heterocycles. The molecule has 1 aromatic heterocycles. The maximum atomic E-state index is 9.00. The summed E-state index contributed by atoms with van der Waals surface area (Å²) in [5.41, 5.74) is 1.19. The van der Waals surface area contributed by atoms with Gasteiger partial charge in [-0.15, -0.1) is 17.0 Å². The van der Waals surface area contributed by atoms with E-state index in [1.54, 1.807) is 0 Å². The lowest BCUT2D eigenvalue weighted by Crippen LogP contribution is -1.84. The molecule has 1 rings (SSSR count). The van der Waals surface area contributed by atoms with Crippen LogP contribution in [0.5, 0.6) is 0 Å². The van der Waals surface area contributed by atoms with Crippen molar-refractivity contribution in [3.05, 3.63) is 30.1 Å². The van der Waals surface area contributed by atoms with Gasteiger partial charge in [-0.1, -0.05) is 19.4 Å². The van der Waals surface area contributed by atoms with E-state index in [1.165, 1.54) is 12.1 Å². The SMILES string of the molecule is Br.CC(=O)O.CCCc1ccccn1. The number of carbonyl (C=O) groups is 1. The third-order valence-corrected chi connectivity index (χ3v) is 1.23. The summed E-state index contributed by atoms with van der Waals surface area (Å²) >= 11 is 0. The van der Waals surface area contributed by atoms with Crippen LogP contribution in [0.2, 0.25) is 0 Å². The average molecular weight is 262 g/mol. The van der Waals surface area contributed by atoms with Crippen molar-refractivity contribution in [1.29, 1.82) is 0 Å². The highest BCUT2D eigenvalue weighted by molar-refractivity contribution is 8.93. The Balaban J connectivity index is 0. The monoisotopic (exact) mass is 261 g/mol. The molecule has 1 heterocycles. The quantitative estimate of drug-likeness (QED) is 0.891. The second-order valence-electron chi connectivity index (χ2n) is 2.59. The van der Waals surface area contributed by atoms with Crippen molar-refractivity contribution >= 4 is 23.0 Å². The number of nitrogens with zero attached hydrogens (tertiary/aromatic N) is 1. The first kappa shape index (κ1) is 15.6. The summed E-state index contributed by atoms with van der Waals surface area (Å²) in [6, 6.07) is 6.03. The van der Waals surface area contributed by atoms with E-state index in [1.807, 2.05) is 18.3 Å². The van der Waals surface area contributed by atoms with Crippen molar-refractivity contribution < 1.29 is 9.90 Å². The fourth-order valence-corrected chi connectivity index (χ4v) is 0.802. The van der Waals surface area contributed by atoms with Crippen molar-refractivity contribution in [3.8, 4) is 0 Å². The van der Waals surface area contributed by atoms with Gasteiger partial charge in [-0.05, 0) is 18.6 Å². The van der Waals surface area contributed by atoms with Gasteiger partial charge in [0.1, 0.15) is 0 Å². The van der Waals surface area contributed by atoms with Gasteiger partial charge >= 0.3 is 0 Å². The van der Waals surface area contributed by atoms with Crippen LogP contribution in [-0.2, 0) is 11.2 Å². The zero-order valence-electron chi connectivity index (χ0n) is 8.43. The molecule has 0 fully saturated rings. The second-order valence-corrected chi connectivity index (χ2v) is 2.59. The second kappa shape index (κ2) is 10.2. The van der Waals surface area contributed by atoms with Gasteiger partial charge in [-0.2, -0.15) is 0 Å². The number of carboxylic acid groups (broad SMARTS) is 1. The summed E-state index contributed by atoms with van der Waals surface area (Å²) in [4.78, 5) is 13.2. The molecule has 0 spiro atoms. The Bertz CT molecular complexity index is 235. The van der Waals surface area contributed by atoms with E-state index in [-0.39, 0.29) is 17.0 Å². The van der Waals surface area contributed by atoms with Gasteiger partial charge in [0.05, 0.1) is 0 Å². The highest BCUT2D eigenvalue weighted by Crippen LogP contribution is 1.95. The number of aryl methyl sites for hydroxylation is 1. The number of halogens is 1. The van der Waals surface area contributed by atoms with Crippen molar-refractivity contribution in [2.45, 2.75) is 26.7 Å². The fourth-order valence-electron chi connectivity index (χ4n) is 0.802. The smallest absolute Gasteiger partial charge is 0.300 e. The molecular formula is C10H16BrNO2. The van der Waals surface area contributed by atoms with Crippen molar-refractivity contribution in [1.82, 2.24) is 4.98 Å².